The molecule has 1 heterocycles. The quantitative estimate of drug-likeness (QED) is 0.876. The first-order chi connectivity index (χ1) is 8.33. The lowest BCUT2D eigenvalue weighted by molar-refractivity contribution is 0.227. The first-order valence-corrected chi connectivity index (χ1v) is 6.06. The maximum Gasteiger partial charge on any atom is 0.252 e. The summed E-state index contributed by atoms with van der Waals surface area (Å²) < 4.78 is 32.0. The van der Waals surface area contributed by atoms with E-state index in [0.717, 1.165) is 12.5 Å². The van der Waals surface area contributed by atoms with Crippen LogP contribution in [0.1, 0.15) is 34.1 Å². The van der Waals surface area contributed by atoms with Gasteiger partial charge >= 0.3 is 0 Å². The zero-order valence-electron chi connectivity index (χ0n) is 11.3. The Labute approximate surface area is 107 Å². The van der Waals surface area contributed by atoms with E-state index in [1.807, 2.05) is 6.92 Å². The average Bonchev–Trinajstić information content (AvgIpc) is 2.23. The number of nitrogens with zero attached hydrogens (tertiary/aromatic N) is 1. The molecule has 0 atom stereocenters. The van der Waals surface area contributed by atoms with Crippen LogP contribution >= 0.6 is 0 Å². The van der Waals surface area contributed by atoms with Crippen LogP contribution in [0.15, 0.2) is 6.07 Å². The molecule has 1 rings (SSSR count). The number of anilines is 1. The highest BCUT2D eigenvalue weighted by Crippen LogP contribution is 2.23. The molecule has 0 amide bonds. The third-order valence-electron chi connectivity index (χ3n) is 2.33. The van der Waals surface area contributed by atoms with Gasteiger partial charge in [0.05, 0.1) is 6.61 Å². The highest BCUT2D eigenvalue weighted by Gasteiger charge is 2.14. The maximum atomic E-state index is 13.4. The number of ether oxygens (including phenoxy) is 1. The molecule has 102 valence electrons. The molecule has 0 saturated carbocycles. The summed E-state index contributed by atoms with van der Waals surface area (Å²) in [6.45, 7) is 8.87. The molecule has 1 aromatic rings. The largest absolute Gasteiger partial charge is 0.476 e. The number of hydrogen-bond donors (Lipinski definition) is 1. The van der Waals surface area contributed by atoms with Gasteiger partial charge in [0.15, 0.2) is 17.5 Å². The van der Waals surface area contributed by atoms with Crippen molar-refractivity contribution >= 4 is 5.82 Å². The lowest BCUT2D eigenvalue weighted by Crippen LogP contribution is -2.13. The molecule has 0 fully saturated rings. The van der Waals surface area contributed by atoms with E-state index in [0.29, 0.717) is 13.2 Å². The highest BCUT2D eigenvalue weighted by molar-refractivity contribution is 5.39. The maximum absolute atomic E-state index is 13.4. The molecule has 0 unspecified atom stereocenters. The van der Waals surface area contributed by atoms with E-state index in [1.165, 1.54) is 0 Å². The molecule has 5 heteroatoms. The Morgan fingerprint density at radius 3 is 2.50 bits per heavy atom. The van der Waals surface area contributed by atoms with Crippen molar-refractivity contribution in [3.63, 3.8) is 0 Å². The molecule has 0 bridgehead atoms. The third-order valence-corrected chi connectivity index (χ3v) is 2.33. The molecule has 0 aliphatic heterocycles. The smallest absolute Gasteiger partial charge is 0.252 e. The van der Waals surface area contributed by atoms with Crippen LogP contribution in [-0.4, -0.2) is 18.1 Å². The topological polar surface area (TPSA) is 34.2 Å². The minimum absolute atomic E-state index is 0.0182. The number of hydrogen-bond acceptors (Lipinski definition) is 3. The zero-order chi connectivity index (χ0) is 13.8. The van der Waals surface area contributed by atoms with E-state index in [4.69, 9.17) is 4.74 Å². The van der Waals surface area contributed by atoms with Crippen LogP contribution in [-0.2, 0) is 0 Å². The van der Waals surface area contributed by atoms with Crippen molar-refractivity contribution in [1.82, 2.24) is 4.98 Å². The van der Waals surface area contributed by atoms with Gasteiger partial charge in [0.1, 0.15) is 0 Å². The van der Waals surface area contributed by atoms with Gasteiger partial charge in [0.2, 0.25) is 0 Å². The van der Waals surface area contributed by atoms with E-state index in [-0.39, 0.29) is 17.1 Å². The summed E-state index contributed by atoms with van der Waals surface area (Å²) in [7, 11) is 0. The van der Waals surface area contributed by atoms with Gasteiger partial charge in [0.25, 0.3) is 5.88 Å². The molecule has 0 aromatic carbocycles. The van der Waals surface area contributed by atoms with Crippen molar-refractivity contribution in [2.75, 3.05) is 18.5 Å². The van der Waals surface area contributed by atoms with Gasteiger partial charge in [0, 0.05) is 12.6 Å². The summed E-state index contributed by atoms with van der Waals surface area (Å²) >= 11 is 0. The fourth-order valence-corrected chi connectivity index (χ4v) is 1.30. The highest BCUT2D eigenvalue weighted by atomic mass is 19.1. The first-order valence-electron chi connectivity index (χ1n) is 6.06. The minimum Gasteiger partial charge on any atom is -0.476 e. The van der Waals surface area contributed by atoms with Gasteiger partial charge < -0.3 is 10.1 Å². The summed E-state index contributed by atoms with van der Waals surface area (Å²) in [5, 5.41) is 2.72. The summed E-state index contributed by atoms with van der Waals surface area (Å²) in [5.41, 5.74) is 0.0982. The van der Waals surface area contributed by atoms with Gasteiger partial charge in [-0.2, -0.15) is 4.98 Å². The second-order valence-corrected chi connectivity index (χ2v) is 5.30. The Hall–Kier alpha value is -1.39. The fourth-order valence-electron chi connectivity index (χ4n) is 1.30. The van der Waals surface area contributed by atoms with Gasteiger partial charge in [-0.05, 0) is 18.8 Å². The Morgan fingerprint density at radius 1 is 1.28 bits per heavy atom. The van der Waals surface area contributed by atoms with Crippen LogP contribution in [0.5, 0.6) is 5.88 Å². The Balaban J connectivity index is 2.73. The summed E-state index contributed by atoms with van der Waals surface area (Å²) in [4.78, 5) is 3.80. The summed E-state index contributed by atoms with van der Waals surface area (Å²) in [6, 6.07) is 0.789. The van der Waals surface area contributed by atoms with E-state index >= 15 is 0 Å². The Morgan fingerprint density at radius 2 is 1.94 bits per heavy atom. The van der Waals surface area contributed by atoms with E-state index in [1.54, 1.807) is 0 Å². The first kappa shape index (κ1) is 14.7. The van der Waals surface area contributed by atoms with Crippen LogP contribution in [0.2, 0.25) is 0 Å². The van der Waals surface area contributed by atoms with Crippen LogP contribution in [0, 0.1) is 17.0 Å². The fraction of sp³-hybridized carbons (Fsp3) is 0.615. The van der Waals surface area contributed by atoms with Crippen LogP contribution < -0.4 is 10.1 Å². The molecule has 0 radical (unpaired) electrons. The molecule has 3 nitrogen and oxygen atoms in total. The predicted octanol–water partition coefficient (Wildman–Crippen LogP) is 3.61. The molecule has 1 aromatic heterocycles. The lowest BCUT2D eigenvalue weighted by atomic mass is 9.93. The number of rotatable bonds is 5. The predicted molar refractivity (Wildman–Crippen MR) is 67.9 cm³/mol. The molecule has 18 heavy (non-hydrogen) atoms. The van der Waals surface area contributed by atoms with Crippen LogP contribution in [0.25, 0.3) is 0 Å². The molecule has 1 N–H and O–H groups in total. The van der Waals surface area contributed by atoms with Gasteiger partial charge in [-0.15, -0.1) is 0 Å². The lowest BCUT2D eigenvalue weighted by Gasteiger charge is -2.18. The van der Waals surface area contributed by atoms with Crippen molar-refractivity contribution in [3.8, 4) is 5.88 Å². The molecular weight excluding hydrogens is 238 g/mol. The molecule has 0 saturated heterocycles. The van der Waals surface area contributed by atoms with Gasteiger partial charge in [-0.1, -0.05) is 20.8 Å². The number of nitrogens with one attached hydrogen (secondary N) is 1. The normalized spacial score (nSPS) is 11.4. The van der Waals surface area contributed by atoms with Crippen LogP contribution in [0.3, 0.4) is 0 Å². The van der Waals surface area contributed by atoms with E-state index in [9.17, 15) is 8.78 Å². The second kappa shape index (κ2) is 5.98. The monoisotopic (exact) mass is 258 g/mol. The average molecular weight is 258 g/mol. The molecule has 0 aliphatic carbocycles. The number of pyridine rings is 1. The van der Waals surface area contributed by atoms with Crippen molar-refractivity contribution in [2.45, 2.75) is 34.1 Å². The van der Waals surface area contributed by atoms with Crippen molar-refractivity contribution in [2.24, 2.45) is 5.41 Å². The molecule has 0 aliphatic rings. The van der Waals surface area contributed by atoms with Crippen molar-refractivity contribution in [3.05, 3.63) is 17.7 Å². The SMILES string of the molecule is CCNc1nc(OCCC(C)(C)C)c(F)cc1F. The summed E-state index contributed by atoms with van der Waals surface area (Å²) in [5.74, 6) is -1.62. The summed E-state index contributed by atoms with van der Waals surface area (Å²) in [6.07, 6.45) is 0.766. The zero-order valence-corrected chi connectivity index (χ0v) is 11.3. The van der Waals surface area contributed by atoms with E-state index in [2.05, 4.69) is 31.1 Å². The third kappa shape index (κ3) is 4.47. The Kier molecular flexibility index (Phi) is 4.87. The van der Waals surface area contributed by atoms with Crippen LogP contribution in [0.4, 0.5) is 14.6 Å². The van der Waals surface area contributed by atoms with Crippen molar-refractivity contribution < 1.29 is 13.5 Å². The van der Waals surface area contributed by atoms with Crippen molar-refractivity contribution in [1.29, 1.82) is 0 Å². The van der Waals surface area contributed by atoms with Gasteiger partial charge in [-0.3, -0.25) is 0 Å². The second-order valence-electron chi connectivity index (χ2n) is 5.30. The molecule has 0 spiro atoms. The number of halogens is 2. The Bertz CT molecular complexity index is 403. The molecular formula is C13H20F2N2O. The standard InChI is InChI=1S/C13H20F2N2O/c1-5-16-11-9(14)8-10(15)12(17-11)18-7-6-13(2,3)4/h8H,5-7H2,1-4H3,(H,16,17). The van der Waals surface area contributed by atoms with Gasteiger partial charge in [-0.25, -0.2) is 8.78 Å². The minimum atomic E-state index is -0.775. The number of aromatic nitrogens is 1. The van der Waals surface area contributed by atoms with E-state index < -0.39 is 11.6 Å².